The van der Waals surface area contributed by atoms with Crippen molar-refractivity contribution in [1.29, 1.82) is 0 Å². The van der Waals surface area contributed by atoms with Crippen molar-refractivity contribution < 1.29 is 14.7 Å². The summed E-state index contributed by atoms with van der Waals surface area (Å²) in [7, 11) is 0. The number of carboxylic acid groups (broad SMARTS) is 1. The summed E-state index contributed by atoms with van der Waals surface area (Å²) in [6, 6.07) is 8.30. The van der Waals surface area contributed by atoms with Gasteiger partial charge in [0.15, 0.2) is 0 Å². The van der Waals surface area contributed by atoms with Crippen LogP contribution in [0.3, 0.4) is 0 Å². The van der Waals surface area contributed by atoms with Crippen LogP contribution in [-0.2, 0) is 15.0 Å². The van der Waals surface area contributed by atoms with Crippen molar-refractivity contribution in [2.24, 2.45) is 0 Å². The fourth-order valence-corrected chi connectivity index (χ4v) is 3.76. The van der Waals surface area contributed by atoms with Crippen LogP contribution in [0.2, 0.25) is 0 Å². The highest BCUT2D eigenvalue weighted by Crippen LogP contribution is 2.50. The van der Waals surface area contributed by atoms with Crippen molar-refractivity contribution in [1.82, 2.24) is 5.32 Å². The lowest BCUT2D eigenvalue weighted by molar-refractivity contribution is -0.137. The van der Waals surface area contributed by atoms with E-state index in [2.05, 4.69) is 28.4 Å². The van der Waals surface area contributed by atoms with Gasteiger partial charge >= 0.3 is 5.97 Å². The lowest BCUT2D eigenvalue weighted by Gasteiger charge is -2.25. The number of nitrogens with zero attached hydrogens (tertiary/aromatic N) is 1. The molecule has 0 radical (unpaired) electrons. The van der Waals surface area contributed by atoms with Gasteiger partial charge in [-0.25, -0.2) is 0 Å². The summed E-state index contributed by atoms with van der Waals surface area (Å²) >= 11 is 0. The van der Waals surface area contributed by atoms with Gasteiger partial charge in [0.05, 0.1) is 6.54 Å². The van der Waals surface area contributed by atoms with E-state index in [1.54, 1.807) is 0 Å². The maximum absolute atomic E-state index is 11.9. The number of carboxylic acids is 1. The molecule has 2 N–H and O–H groups in total. The molecule has 1 saturated carbocycles. The number of aliphatic carboxylic acids is 1. The minimum atomic E-state index is -1.02. The number of rotatable bonds is 4. The van der Waals surface area contributed by atoms with Gasteiger partial charge in [0, 0.05) is 17.6 Å². The predicted molar refractivity (Wildman–Crippen MR) is 79.4 cm³/mol. The zero-order chi connectivity index (χ0) is 14.9. The highest BCUT2D eigenvalue weighted by atomic mass is 16.4. The molecular weight excluding hydrogens is 268 g/mol. The first kappa shape index (κ1) is 13.9. The molecule has 0 aromatic heterocycles. The molecule has 0 unspecified atom stereocenters. The Morgan fingerprint density at radius 1 is 1.24 bits per heavy atom. The number of hydrogen-bond donors (Lipinski definition) is 2. The molecule has 0 saturated heterocycles. The molecule has 0 bridgehead atoms. The average molecular weight is 288 g/mol. The summed E-state index contributed by atoms with van der Waals surface area (Å²) in [5, 5.41) is 11.1. The summed E-state index contributed by atoms with van der Waals surface area (Å²) in [6.07, 6.45) is 4.84. The van der Waals surface area contributed by atoms with Crippen molar-refractivity contribution in [3.8, 4) is 0 Å². The van der Waals surface area contributed by atoms with E-state index in [0.29, 0.717) is 0 Å². The average Bonchev–Trinajstić information content (AvgIpc) is 3.05. The summed E-state index contributed by atoms with van der Waals surface area (Å²) in [6.45, 7) is 0.776. The second kappa shape index (κ2) is 5.39. The monoisotopic (exact) mass is 288 g/mol. The van der Waals surface area contributed by atoms with Crippen molar-refractivity contribution >= 4 is 17.6 Å². The van der Waals surface area contributed by atoms with Crippen LogP contribution in [0.15, 0.2) is 24.3 Å². The zero-order valence-electron chi connectivity index (χ0n) is 12.0. The third-order valence-electron chi connectivity index (χ3n) is 4.64. The lowest BCUT2D eigenvalue weighted by Crippen LogP contribution is -2.40. The van der Waals surface area contributed by atoms with Crippen LogP contribution in [0.5, 0.6) is 0 Å². The van der Waals surface area contributed by atoms with E-state index in [0.717, 1.165) is 12.2 Å². The van der Waals surface area contributed by atoms with Gasteiger partial charge in [-0.05, 0) is 24.5 Å². The summed E-state index contributed by atoms with van der Waals surface area (Å²) in [4.78, 5) is 24.5. The van der Waals surface area contributed by atoms with Gasteiger partial charge in [0.25, 0.3) is 0 Å². The second-order valence-corrected chi connectivity index (χ2v) is 6.03. The number of nitrogens with one attached hydrogen (secondary N) is 1. The number of anilines is 1. The van der Waals surface area contributed by atoms with Gasteiger partial charge in [-0.1, -0.05) is 31.0 Å². The molecule has 1 amide bonds. The molecule has 112 valence electrons. The van der Waals surface area contributed by atoms with Crippen LogP contribution >= 0.6 is 0 Å². The first-order valence-electron chi connectivity index (χ1n) is 7.44. The molecule has 21 heavy (non-hydrogen) atoms. The lowest BCUT2D eigenvalue weighted by atomic mass is 9.81. The van der Waals surface area contributed by atoms with Gasteiger partial charge in [-0.3, -0.25) is 9.59 Å². The molecule has 1 heterocycles. The zero-order valence-corrected chi connectivity index (χ0v) is 12.0. The molecule has 1 fully saturated rings. The van der Waals surface area contributed by atoms with Gasteiger partial charge in [0.2, 0.25) is 5.91 Å². The van der Waals surface area contributed by atoms with E-state index in [-0.39, 0.29) is 24.4 Å². The largest absolute Gasteiger partial charge is 0.480 e. The summed E-state index contributed by atoms with van der Waals surface area (Å²) in [5.74, 6) is -1.25. The molecular formula is C16H20N2O3. The number of amides is 1. The van der Waals surface area contributed by atoms with Crippen molar-refractivity contribution in [2.75, 3.05) is 24.5 Å². The van der Waals surface area contributed by atoms with Gasteiger partial charge in [0.1, 0.15) is 6.54 Å². The Hall–Kier alpha value is -2.04. The molecule has 2 aliphatic rings. The Bertz CT molecular complexity index is 564. The standard InChI is InChI=1S/C16H20N2O3/c19-14(17-9-15(20)21)10-18-11-16(7-3-4-8-16)12-5-1-2-6-13(12)18/h1-2,5-6H,3-4,7-11H2,(H,17,19)(H,20,21). The smallest absolute Gasteiger partial charge is 0.322 e. The van der Waals surface area contributed by atoms with E-state index >= 15 is 0 Å². The van der Waals surface area contributed by atoms with Crippen molar-refractivity contribution in [2.45, 2.75) is 31.1 Å². The molecule has 1 aliphatic heterocycles. The fourth-order valence-electron chi connectivity index (χ4n) is 3.76. The van der Waals surface area contributed by atoms with Gasteiger partial charge < -0.3 is 15.3 Å². The molecule has 0 atom stereocenters. The Balaban J connectivity index is 1.76. The van der Waals surface area contributed by atoms with Gasteiger partial charge in [-0.2, -0.15) is 0 Å². The van der Waals surface area contributed by atoms with Crippen LogP contribution in [0.25, 0.3) is 0 Å². The van der Waals surface area contributed by atoms with Crippen LogP contribution in [0, 0.1) is 0 Å². The molecule has 1 aliphatic carbocycles. The summed E-state index contributed by atoms with van der Waals surface area (Å²) < 4.78 is 0. The van der Waals surface area contributed by atoms with Crippen LogP contribution in [-0.4, -0.2) is 36.6 Å². The highest BCUT2D eigenvalue weighted by Gasteiger charge is 2.44. The number of carbonyl (C=O) groups is 2. The number of carbonyl (C=O) groups excluding carboxylic acids is 1. The minimum Gasteiger partial charge on any atom is -0.480 e. The Labute approximate surface area is 123 Å². The Kier molecular flexibility index (Phi) is 3.57. The Morgan fingerprint density at radius 3 is 2.67 bits per heavy atom. The first-order chi connectivity index (χ1) is 10.1. The Morgan fingerprint density at radius 2 is 1.95 bits per heavy atom. The van der Waals surface area contributed by atoms with Gasteiger partial charge in [-0.15, -0.1) is 0 Å². The van der Waals surface area contributed by atoms with E-state index in [1.807, 2.05) is 6.07 Å². The molecule has 3 rings (SSSR count). The second-order valence-electron chi connectivity index (χ2n) is 6.03. The van der Waals surface area contributed by atoms with E-state index in [9.17, 15) is 9.59 Å². The van der Waals surface area contributed by atoms with Crippen molar-refractivity contribution in [3.05, 3.63) is 29.8 Å². The minimum absolute atomic E-state index is 0.198. The maximum atomic E-state index is 11.9. The van der Waals surface area contributed by atoms with Crippen molar-refractivity contribution in [3.63, 3.8) is 0 Å². The normalized spacial score (nSPS) is 18.8. The molecule has 5 heteroatoms. The number of para-hydroxylation sites is 1. The van der Waals surface area contributed by atoms with E-state index < -0.39 is 5.97 Å². The number of fused-ring (bicyclic) bond motifs is 2. The third-order valence-corrected chi connectivity index (χ3v) is 4.64. The maximum Gasteiger partial charge on any atom is 0.322 e. The third kappa shape index (κ3) is 2.60. The highest BCUT2D eigenvalue weighted by molar-refractivity contribution is 5.85. The molecule has 1 spiro atoms. The predicted octanol–water partition coefficient (Wildman–Crippen LogP) is 1.52. The van der Waals surface area contributed by atoms with Crippen LogP contribution < -0.4 is 10.2 Å². The topological polar surface area (TPSA) is 69.6 Å². The van der Waals surface area contributed by atoms with E-state index in [1.165, 1.54) is 31.2 Å². The molecule has 5 nitrogen and oxygen atoms in total. The quantitative estimate of drug-likeness (QED) is 0.881. The number of hydrogen-bond acceptors (Lipinski definition) is 3. The molecule has 1 aromatic rings. The van der Waals surface area contributed by atoms with Crippen LogP contribution in [0.4, 0.5) is 5.69 Å². The first-order valence-corrected chi connectivity index (χ1v) is 7.44. The SMILES string of the molecule is O=C(O)CNC(=O)CN1CC2(CCCC2)c2ccccc21. The number of benzene rings is 1. The molecule has 1 aromatic carbocycles. The fraction of sp³-hybridized carbons (Fsp3) is 0.500. The van der Waals surface area contributed by atoms with E-state index in [4.69, 9.17) is 5.11 Å². The summed E-state index contributed by atoms with van der Waals surface area (Å²) in [5.41, 5.74) is 2.68. The van der Waals surface area contributed by atoms with Crippen LogP contribution in [0.1, 0.15) is 31.2 Å².